The number of nitrogens with one attached hydrogen (secondary N) is 1. The molecule has 1 aliphatic heterocycles. The number of benzene rings is 2. The second-order valence-corrected chi connectivity index (χ2v) is 7.53. The van der Waals surface area contributed by atoms with E-state index in [0.717, 1.165) is 50.4 Å². The highest BCUT2D eigenvalue weighted by molar-refractivity contribution is 6.30. The van der Waals surface area contributed by atoms with Crippen molar-refractivity contribution in [3.8, 4) is 0 Å². The zero-order valence-electron chi connectivity index (χ0n) is 15.0. The fraction of sp³-hybridized carbons (Fsp3) is 0.333. The van der Waals surface area contributed by atoms with Crippen LogP contribution in [0.25, 0.3) is 0 Å². The van der Waals surface area contributed by atoms with Crippen molar-refractivity contribution in [3.63, 3.8) is 0 Å². The molecule has 0 spiro atoms. The van der Waals surface area contributed by atoms with Gasteiger partial charge in [0.25, 0.3) is 5.91 Å². The fourth-order valence-corrected chi connectivity index (χ4v) is 3.46. The van der Waals surface area contributed by atoms with Crippen LogP contribution in [0.1, 0.15) is 23.2 Å². The molecule has 2 amide bonds. The lowest BCUT2D eigenvalue weighted by molar-refractivity contribution is -0.132. The Labute approximate surface area is 163 Å². The molecule has 1 heterocycles. The van der Waals surface area contributed by atoms with E-state index in [1.165, 1.54) is 0 Å². The smallest absolute Gasteiger partial charge is 0.255 e. The summed E-state index contributed by atoms with van der Waals surface area (Å²) in [5.41, 5.74) is 2.43. The molecule has 4 rings (SSSR count). The lowest BCUT2D eigenvalue weighted by atomic mass is 10.2. The maximum atomic E-state index is 12.3. The van der Waals surface area contributed by atoms with Crippen LogP contribution >= 0.6 is 11.6 Å². The number of halogens is 1. The molecule has 2 fully saturated rings. The second-order valence-electron chi connectivity index (χ2n) is 7.09. The van der Waals surface area contributed by atoms with Gasteiger partial charge in [-0.25, -0.2) is 0 Å². The number of piperazine rings is 1. The number of hydrogen-bond acceptors (Lipinski definition) is 3. The topological polar surface area (TPSA) is 52.7 Å². The highest BCUT2D eigenvalue weighted by Crippen LogP contribution is 2.31. The number of nitrogens with zero attached hydrogens (tertiary/aromatic N) is 2. The molecule has 27 heavy (non-hydrogen) atoms. The van der Waals surface area contributed by atoms with Crippen LogP contribution in [0.4, 0.5) is 11.4 Å². The zero-order valence-corrected chi connectivity index (χ0v) is 15.8. The Morgan fingerprint density at radius 1 is 0.889 bits per heavy atom. The summed E-state index contributed by atoms with van der Waals surface area (Å²) in [6.45, 7) is 3.25. The molecule has 0 bridgehead atoms. The van der Waals surface area contributed by atoms with E-state index in [-0.39, 0.29) is 5.91 Å². The number of rotatable bonds is 4. The van der Waals surface area contributed by atoms with Crippen molar-refractivity contribution in [2.24, 2.45) is 5.92 Å². The van der Waals surface area contributed by atoms with Gasteiger partial charge in [-0.2, -0.15) is 0 Å². The van der Waals surface area contributed by atoms with Gasteiger partial charge in [0.05, 0.1) is 0 Å². The van der Waals surface area contributed by atoms with Crippen molar-refractivity contribution >= 4 is 34.8 Å². The van der Waals surface area contributed by atoms with Gasteiger partial charge in [-0.3, -0.25) is 9.59 Å². The third-order valence-electron chi connectivity index (χ3n) is 5.11. The molecule has 2 aromatic rings. The minimum absolute atomic E-state index is 0.161. The van der Waals surface area contributed by atoms with E-state index in [1.807, 2.05) is 29.2 Å². The fourth-order valence-electron chi connectivity index (χ4n) is 3.33. The Hall–Kier alpha value is -2.53. The van der Waals surface area contributed by atoms with Gasteiger partial charge in [0, 0.05) is 54.1 Å². The van der Waals surface area contributed by atoms with Crippen LogP contribution in [0.15, 0.2) is 48.5 Å². The third-order valence-corrected chi connectivity index (χ3v) is 5.37. The van der Waals surface area contributed by atoms with Crippen LogP contribution in [-0.4, -0.2) is 42.9 Å². The van der Waals surface area contributed by atoms with E-state index in [9.17, 15) is 9.59 Å². The average Bonchev–Trinajstić information content (AvgIpc) is 3.54. The van der Waals surface area contributed by atoms with Crippen LogP contribution in [0, 0.1) is 5.92 Å². The molecule has 5 nitrogen and oxygen atoms in total. The molecule has 2 aromatic carbocycles. The SMILES string of the molecule is O=C(Nc1ccc(N2CCN(C(=O)C3CC3)CC2)cc1)c1ccc(Cl)cc1. The van der Waals surface area contributed by atoms with Crippen molar-refractivity contribution in [3.05, 3.63) is 59.1 Å². The Morgan fingerprint density at radius 2 is 1.52 bits per heavy atom. The summed E-state index contributed by atoms with van der Waals surface area (Å²) < 4.78 is 0. The Balaban J connectivity index is 1.33. The van der Waals surface area contributed by atoms with E-state index in [0.29, 0.717) is 22.4 Å². The molecular formula is C21H22ClN3O2. The first-order valence-corrected chi connectivity index (χ1v) is 9.69. The Morgan fingerprint density at radius 3 is 2.11 bits per heavy atom. The summed E-state index contributed by atoms with van der Waals surface area (Å²) in [7, 11) is 0. The summed E-state index contributed by atoms with van der Waals surface area (Å²) in [6.07, 6.45) is 2.12. The third kappa shape index (κ3) is 4.25. The van der Waals surface area contributed by atoms with Crippen LogP contribution in [-0.2, 0) is 4.79 Å². The molecule has 2 aliphatic rings. The van der Waals surface area contributed by atoms with Crippen molar-refractivity contribution in [2.45, 2.75) is 12.8 Å². The van der Waals surface area contributed by atoms with E-state index in [2.05, 4.69) is 10.2 Å². The summed E-state index contributed by atoms with van der Waals surface area (Å²) in [6, 6.07) is 14.6. The summed E-state index contributed by atoms with van der Waals surface area (Å²) in [5.74, 6) is 0.460. The molecule has 140 valence electrons. The van der Waals surface area contributed by atoms with Gasteiger partial charge in [0.15, 0.2) is 0 Å². The zero-order chi connectivity index (χ0) is 18.8. The monoisotopic (exact) mass is 383 g/mol. The molecule has 0 unspecified atom stereocenters. The van der Waals surface area contributed by atoms with E-state index >= 15 is 0 Å². The number of hydrogen-bond donors (Lipinski definition) is 1. The van der Waals surface area contributed by atoms with Gasteiger partial charge >= 0.3 is 0 Å². The maximum absolute atomic E-state index is 12.3. The Kier molecular flexibility index (Phi) is 5.03. The first kappa shape index (κ1) is 17.9. The number of carbonyl (C=O) groups excluding carboxylic acids is 2. The predicted octanol–water partition coefficient (Wildman–Crippen LogP) is 3.65. The largest absolute Gasteiger partial charge is 0.368 e. The van der Waals surface area contributed by atoms with Crippen molar-refractivity contribution < 1.29 is 9.59 Å². The summed E-state index contributed by atoms with van der Waals surface area (Å²) >= 11 is 5.85. The lowest BCUT2D eigenvalue weighted by Gasteiger charge is -2.36. The van der Waals surface area contributed by atoms with Gasteiger partial charge in [-0.05, 0) is 61.4 Å². The molecule has 1 N–H and O–H groups in total. The highest BCUT2D eigenvalue weighted by atomic mass is 35.5. The van der Waals surface area contributed by atoms with Gasteiger partial charge in [-0.15, -0.1) is 0 Å². The number of amides is 2. The highest BCUT2D eigenvalue weighted by Gasteiger charge is 2.34. The quantitative estimate of drug-likeness (QED) is 0.876. The van der Waals surface area contributed by atoms with Crippen LogP contribution in [0.5, 0.6) is 0 Å². The minimum atomic E-state index is -0.161. The molecule has 6 heteroatoms. The first-order valence-electron chi connectivity index (χ1n) is 9.31. The molecule has 0 radical (unpaired) electrons. The summed E-state index contributed by atoms with van der Waals surface area (Å²) in [4.78, 5) is 28.7. The van der Waals surface area contributed by atoms with Gasteiger partial charge in [-0.1, -0.05) is 11.6 Å². The molecule has 1 aliphatic carbocycles. The van der Waals surface area contributed by atoms with E-state index in [4.69, 9.17) is 11.6 Å². The molecule has 0 atom stereocenters. The standard InChI is InChI=1S/C21H22ClN3O2/c22-17-5-3-15(4-6-17)20(26)23-18-7-9-19(10-8-18)24-11-13-25(14-12-24)21(27)16-1-2-16/h3-10,16H,1-2,11-14H2,(H,23,26). The summed E-state index contributed by atoms with van der Waals surface area (Å²) in [5, 5.41) is 3.50. The normalized spacial score (nSPS) is 16.9. The Bertz CT molecular complexity index is 824. The van der Waals surface area contributed by atoms with Crippen molar-refractivity contribution in [2.75, 3.05) is 36.4 Å². The van der Waals surface area contributed by atoms with E-state index in [1.54, 1.807) is 24.3 Å². The average molecular weight is 384 g/mol. The first-order chi connectivity index (χ1) is 13.1. The molecular weight excluding hydrogens is 362 g/mol. The second kappa shape index (κ2) is 7.61. The van der Waals surface area contributed by atoms with Crippen molar-refractivity contribution in [1.82, 2.24) is 4.90 Å². The molecule has 1 saturated heterocycles. The molecule has 0 aromatic heterocycles. The minimum Gasteiger partial charge on any atom is -0.368 e. The number of anilines is 2. The molecule has 1 saturated carbocycles. The van der Waals surface area contributed by atoms with E-state index < -0.39 is 0 Å². The maximum Gasteiger partial charge on any atom is 0.255 e. The van der Waals surface area contributed by atoms with Gasteiger partial charge < -0.3 is 15.1 Å². The van der Waals surface area contributed by atoms with Crippen LogP contribution < -0.4 is 10.2 Å². The number of carbonyl (C=O) groups is 2. The van der Waals surface area contributed by atoms with Gasteiger partial charge in [0.2, 0.25) is 5.91 Å². The lowest BCUT2D eigenvalue weighted by Crippen LogP contribution is -2.49. The van der Waals surface area contributed by atoms with Crippen LogP contribution in [0.2, 0.25) is 5.02 Å². The predicted molar refractivity (Wildman–Crippen MR) is 107 cm³/mol. The van der Waals surface area contributed by atoms with Crippen molar-refractivity contribution in [1.29, 1.82) is 0 Å². The van der Waals surface area contributed by atoms with Crippen LogP contribution in [0.3, 0.4) is 0 Å². The van der Waals surface area contributed by atoms with Gasteiger partial charge in [0.1, 0.15) is 0 Å².